The van der Waals surface area contributed by atoms with Crippen LogP contribution >= 0.6 is 92.8 Å². The van der Waals surface area contributed by atoms with Crippen LogP contribution in [-0.4, -0.2) is 167 Å². The van der Waals surface area contributed by atoms with Gasteiger partial charge in [-0.3, -0.25) is 57.4 Å². The smallest absolute Gasteiger partial charge is 0.276 e. The van der Waals surface area contributed by atoms with E-state index in [1.165, 1.54) is 45.6 Å². The highest BCUT2D eigenvalue weighted by Gasteiger charge is 2.43. The van der Waals surface area contributed by atoms with Crippen molar-refractivity contribution in [3.8, 4) is 86.3 Å². The number of rotatable bonds is 15. The number of carbonyl (C=O) groups is 3. The molecular formula is C99H87Cl8F7N18O9. The molecule has 3 N–H and O–H groups in total. The number of benzene rings is 3. The van der Waals surface area contributed by atoms with Gasteiger partial charge in [0.2, 0.25) is 17.7 Å². The van der Waals surface area contributed by atoms with Crippen molar-refractivity contribution in [2.24, 2.45) is 0 Å². The molecule has 42 heteroatoms. The van der Waals surface area contributed by atoms with Crippen molar-refractivity contribution >= 4 is 161 Å². The maximum Gasteiger partial charge on any atom is 0.276 e. The second-order valence-electron chi connectivity index (χ2n) is 35.1. The number of aromatic hydroxyl groups is 3. The third kappa shape index (κ3) is 18.3. The van der Waals surface area contributed by atoms with E-state index in [1.54, 1.807) is 77.2 Å². The third-order valence-electron chi connectivity index (χ3n) is 24.8. The number of aromatic nitrogens is 9. The standard InChI is InChI=1S/2C33H29Cl3F2N6O3.C33H29Cl2F3N6O3/c2*1-7-21(45)43-16(5)12-42(13-17(43)6)30-18-10-20(34)28(22-23(35)31(46)26(38)24(36)25(22)37)41-32(18)44(33(47)19(30)11-39)29-15(4)8-9-40-27(29)14(2)3;1-7-21(45)43-16(5)12-42(13-17(43)6)30-18-10-20(34)28(22-24(36)25(37)23(35)26(38)31(22)46)41-32(18)44(33(47)19(30)11-39)29-15(4)8-9-40-27(29)14(2)3/h3*7-10,14,16-17,46H,1,12-13H2,2-6H3/t3*16-,17+. The van der Waals surface area contributed by atoms with E-state index in [0.29, 0.717) is 50.8 Å². The molecule has 0 spiro atoms. The van der Waals surface area contributed by atoms with Gasteiger partial charge in [0.1, 0.15) is 66.9 Å². The number of phenolic OH excluding ortho intramolecular Hbond substituents is 3. The second kappa shape index (κ2) is 41.2. The first-order chi connectivity index (χ1) is 66.5. The van der Waals surface area contributed by atoms with Gasteiger partial charge in [0, 0.05) is 110 Å². The lowest BCUT2D eigenvalue weighted by Gasteiger charge is -2.45. The fraction of sp³-hybridized carbons (Fsp3) is 0.303. The molecule has 0 bridgehead atoms. The molecule has 732 valence electrons. The Hall–Kier alpha value is -13.1. The Kier molecular flexibility index (Phi) is 30.8. The van der Waals surface area contributed by atoms with Gasteiger partial charge in [0.15, 0.2) is 58.0 Å². The van der Waals surface area contributed by atoms with Crippen LogP contribution in [-0.2, 0) is 14.4 Å². The number of piperazine rings is 3. The number of carbonyl (C=O) groups excluding carboxylic acids is 3. The van der Waals surface area contributed by atoms with E-state index in [-0.39, 0.29) is 204 Å². The Balaban J connectivity index is 0.000000178. The minimum atomic E-state index is -1.77. The average molecular weight is 2090 g/mol. The zero-order valence-electron chi connectivity index (χ0n) is 78.0. The number of halogens is 15. The molecule has 0 unspecified atom stereocenters. The summed E-state index contributed by atoms with van der Waals surface area (Å²) < 4.78 is 108. The molecular weight excluding hydrogens is 2000 g/mol. The highest BCUT2D eigenvalue weighted by atomic mass is 35.5. The maximum absolute atomic E-state index is 15.6. The number of hydrogen-bond acceptors (Lipinski definition) is 21. The number of aryl methyl sites for hydroxylation is 3. The number of nitriles is 3. The van der Waals surface area contributed by atoms with Crippen LogP contribution in [0.25, 0.3) is 83.9 Å². The predicted molar refractivity (Wildman–Crippen MR) is 532 cm³/mol. The largest absolute Gasteiger partial charge is 0.504 e. The van der Waals surface area contributed by atoms with Gasteiger partial charge in [0.05, 0.1) is 110 Å². The van der Waals surface area contributed by atoms with Gasteiger partial charge in [-0.15, -0.1) is 0 Å². The van der Waals surface area contributed by atoms with Crippen molar-refractivity contribution in [2.45, 2.75) is 158 Å². The molecule has 12 heterocycles. The van der Waals surface area contributed by atoms with E-state index < -0.39 is 122 Å². The van der Waals surface area contributed by atoms with Crippen molar-refractivity contribution < 1.29 is 60.4 Å². The molecule has 3 aromatic carbocycles. The zero-order chi connectivity index (χ0) is 104. The molecule has 3 fully saturated rings. The fourth-order valence-corrected chi connectivity index (χ4v) is 20.5. The molecule has 6 atom stereocenters. The van der Waals surface area contributed by atoms with Crippen LogP contribution in [0.5, 0.6) is 17.2 Å². The molecule has 0 aliphatic carbocycles. The Labute approximate surface area is 842 Å². The van der Waals surface area contributed by atoms with Gasteiger partial charge in [-0.25, -0.2) is 45.7 Å². The molecule has 0 saturated carbocycles. The molecule has 15 rings (SSSR count). The minimum absolute atomic E-state index is 0.0401. The normalized spacial score (nSPS) is 16.6. The average Bonchev–Trinajstić information content (AvgIpc) is 0.725. The van der Waals surface area contributed by atoms with Crippen molar-refractivity contribution in [2.75, 3.05) is 54.0 Å². The molecule has 3 amide bonds. The molecule has 3 saturated heterocycles. The van der Waals surface area contributed by atoms with E-state index in [4.69, 9.17) is 92.8 Å². The van der Waals surface area contributed by atoms with E-state index in [2.05, 4.69) is 61.8 Å². The zero-order valence-corrected chi connectivity index (χ0v) is 84.0. The highest BCUT2D eigenvalue weighted by molar-refractivity contribution is 6.40. The molecule has 9 aromatic heterocycles. The lowest BCUT2D eigenvalue weighted by Crippen LogP contribution is -2.58. The number of phenols is 3. The molecule has 27 nitrogen and oxygen atoms in total. The summed E-state index contributed by atoms with van der Waals surface area (Å²) in [5.41, 5.74) is -1.65. The summed E-state index contributed by atoms with van der Waals surface area (Å²) in [6.45, 7) is 39.6. The first-order valence-corrected chi connectivity index (χ1v) is 46.7. The van der Waals surface area contributed by atoms with Gasteiger partial charge in [-0.2, -0.15) is 15.8 Å². The first-order valence-electron chi connectivity index (χ1n) is 43.7. The van der Waals surface area contributed by atoms with Crippen molar-refractivity contribution in [1.29, 1.82) is 15.8 Å². The SMILES string of the molecule is C=CC(=O)N1[C@H](C)CN(c2c(C#N)c(=O)n(-c3c(C)ccnc3C(C)C)c3nc(-c4c(F)c(Cl)c(F)c(O)c4Cl)c(Cl)cc23)C[C@@H]1C.C=CC(=O)N1[C@H](C)CN(c2c(C#N)c(=O)n(-c3c(C)ccnc3C(C)C)c3nc(-c4c(F)c(Cl)c(F)c(O)c4Cl)c(Cl)cc23)C[C@@H]1C.C=CC(=O)N1[C@H](C)CN(c2c(C#N)c(=O)n(-c3c(C)ccnc3C(C)C)c3nc(-c4c(O)c(F)c(Cl)c(F)c4F)c(Cl)cc23)C[C@@H]1C. The lowest BCUT2D eigenvalue weighted by atomic mass is 10.0. The predicted octanol–water partition coefficient (Wildman–Crippen LogP) is 21.4. The second-order valence-corrected chi connectivity index (χ2v) is 38.3. The van der Waals surface area contributed by atoms with Gasteiger partial charge in [-0.1, -0.05) is 154 Å². The lowest BCUT2D eigenvalue weighted by molar-refractivity contribution is -0.131. The van der Waals surface area contributed by atoms with Crippen molar-refractivity contribution in [1.82, 2.24) is 58.3 Å². The Morgan fingerprint density at radius 3 is 0.865 bits per heavy atom. The van der Waals surface area contributed by atoms with Crippen LogP contribution in [0.4, 0.5) is 47.8 Å². The van der Waals surface area contributed by atoms with E-state index in [1.807, 2.05) is 99.0 Å². The summed E-state index contributed by atoms with van der Waals surface area (Å²) >= 11 is 49.9. The van der Waals surface area contributed by atoms with Gasteiger partial charge < -0.3 is 44.7 Å². The summed E-state index contributed by atoms with van der Waals surface area (Å²) in [5, 5.41) is 57.8. The van der Waals surface area contributed by atoms with Crippen molar-refractivity contribution in [3.63, 3.8) is 0 Å². The van der Waals surface area contributed by atoms with Crippen LogP contribution in [0.2, 0.25) is 40.2 Å². The Bertz CT molecular complexity index is 6870. The summed E-state index contributed by atoms with van der Waals surface area (Å²) in [6.07, 6.45) is 8.44. The van der Waals surface area contributed by atoms with Crippen LogP contribution in [0.3, 0.4) is 0 Å². The van der Waals surface area contributed by atoms with E-state index in [9.17, 15) is 77.4 Å². The molecule has 141 heavy (non-hydrogen) atoms. The quantitative estimate of drug-likeness (QED) is 0.0371. The topological polar surface area (TPSA) is 346 Å². The number of pyridine rings is 9. The number of anilines is 3. The molecule has 12 aromatic rings. The number of hydrogen-bond donors (Lipinski definition) is 3. The van der Waals surface area contributed by atoms with E-state index >= 15 is 13.2 Å². The number of fused-ring (bicyclic) bond motifs is 3. The summed E-state index contributed by atoms with van der Waals surface area (Å²) in [5.74, 6) is -15.6. The third-order valence-corrected chi connectivity index (χ3v) is 27.4. The Morgan fingerprint density at radius 2 is 0.624 bits per heavy atom. The minimum Gasteiger partial charge on any atom is -0.504 e. The monoisotopic (exact) mass is 2080 g/mol. The van der Waals surface area contributed by atoms with Gasteiger partial charge >= 0.3 is 0 Å². The highest BCUT2D eigenvalue weighted by Crippen LogP contribution is 2.51. The van der Waals surface area contributed by atoms with Crippen LogP contribution < -0.4 is 31.4 Å². The summed E-state index contributed by atoms with van der Waals surface area (Å²) in [7, 11) is 0. The molecule has 3 aliphatic heterocycles. The van der Waals surface area contributed by atoms with Crippen LogP contribution in [0.15, 0.2) is 107 Å². The number of amides is 3. The Morgan fingerprint density at radius 1 is 0.383 bits per heavy atom. The maximum atomic E-state index is 15.6. The van der Waals surface area contributed by atoms with Gasteiger partial charge in [0.25, 0.3) is 16.7 Å². The first kappa shape index (κ1) is 105. The number of nitrogens with zero attached hydrogens (tertiary/aromatic N) is 18. The van der Waals surface area contributed by atoms with Crippen molar-refractivity contribution in [3.05, 3.63) is 255 Å². The summed E-state index contributed by atoms with van der Waals surface area (Å²) in [6, 6.07) is 13.2. The van der Waals surface area contributed by atoms with Gasteiger partial charge in [-0.05, 0) is 151 Å². The molecule has 3 aliphatic rings. The van der Waals surface area contributed by atoms with Crippen LogP contribution in [0, 0.1) is 95.5 Å². The molecule has 0 radical (unpaired) electrons. The van der Waals surface area contributed by atoms with E-state index in [0.717, 1.165) is 4.57 Å². The fourth-order valence-electron chi connectivity index (χ4n) is 18.7. The van der Waals surface area contributed by atoms with Crippen LogP contribution in [0.1, 0.15) is 151 Å². The summed E-state index contributed by atoms with van der Waals surface area (Å²) in [4.78, 5) is 119.